The van der Waals surface area contributed by atoms with Crippen LogP contribution in [-0.2, 0) is 33.0 Å². The summed E-state index contributed by atoms with van der Waals surface area (Å²) in [5.41, 5.74) is 8.17. The van der Waals surface area contributed by atoms with E-state index in [0.717, 1.165) is 23.4 Å². The SMILES string of the molecule is CC(C)Cc1cc(CNC(=O)N2CCc3c(c(C(N)=O)nn3C)C2)on1. The first-order chi connectivity index (χ1) is 12.3. The van der Waals surface area contributed by atoms with Gasteiger partial charge in [-0.2, -0.15) is 5.10 Å². The Morgan fingerprint density at radius 3 is 2.88 bits per heavy atom. The molecule has 26 heavy (non-hydrogen) atoms. The quantitative estimate of drug-likeness (QED) is 0.823. The number of hydrogen-bond acceptors (Lipinski definition) is 5. The number of aryl methyl sites for hydroxylation is 1. The summed E-state index contributed by atoms with van der Waals surface area (Å²) in [6.45, 7) is 5.34. The van der Waals surface area contributed by atoms with Gasteiger partial charge in [-0.3, -0.25) is 9.48 Å². The lowest BCUT2D eigenvalue weighted by atomic mass is 10.1. The average molecular weight is 360 g/mol. The second-order valence-corrected chi connectivity index (χ2v) is 6.97. The van der Waals surface area contributed by atoms with Crippen molar-refractivity contribution in [1.82, 2.24) is 25.2 Å². The summed E-state index contributed by atoms with van der Waals surface area (Å²) < 4.78 is 6.92. The molecule has 0 unspecified atom stereocenters. The summed E-state index contributed by atoms with van der Waals surface area (Å²) in [6.07, 6.45) is 1.46. The van der Waals surface area contributed by atoms with Crippen molar-refractivity contribution in [3.05, 3.63) is 34.5 Å². The molecule has 3 heterocycles. The molecule has 3 amide bonds. The standard InChI is InChI=1S/C17H24N6O3/c1-10(2)6-11-7-12(26-21-11)8-19-17(25)23-5-4-14-13(9-23)15(16(18)24)20-22(14)3/h7,10H,4-6,8-9H2,1-3H3,(H2,18,24)(H,19,25). The van der Waals surface area contributed by atoms with Gasteiger partial charge in [0, 0.05) is 37.3 Å². The first kappa shape index (κ1) is 18.0. The van der Waals surface area contributed by atoms with Crippen molar-refractivity contribution in [2.75, 3.05) is 6.54 Å². The van der Waals surface area contributed by atoms with Crippen LogP contribution in [0.2, 0.25) is 0 Å². The number of aromatic nitrogens is 3. The number of nitrogens with zero attached hydrogens (tertiary/aromatic N) is 4. The number of carbonyl (C=O) groups is 2. The molecule has 9 heteroatoms. The van der Waals surface area contributed by atoms with Crippen LogP contribution in [0.5, 0.6) is 0 Å². The van der Waals surface area contributed by atoms with Gasteiger partial charge in [0.05, 0.1) is 18.8 Å². The highest BCUT2D eigenvalue weighted by molar-refractivity contribution is 5.92. The molecule has 0 aliphatic carbocycles. The molecule has 0 bridgehead atoms. The Labute approximate surface area is 151 Å². The second-order valence-electron chi connectivity index (χ2n) is 6.97. The van der Waals surface area contributed by atoms with Gasteiger partial charge in [0.1, 0.15) is 0 Å². The molecular weight excluding hydrogens is 336 g/mol. The van der Waals surface area contributed by atoms with Crippen LogP contribution >= 0.6 is 0 Å². The van der Waals surface area contributed by atoms with Crippen LogP contribution in [0.25, 0.3) is 0 Å². The summed E-state index contributed by atoms with van der Waals surface area (Å²) in [6, 6.07) is 1.64. The van der Waals surface area contributed by atoms with Crippen LogP contribution in [0.1, 0.15) is 47.0 Å². The van der Waals surface area contributed by atoms with E-state index in [9.17, 15) is 9.59 Å². The van der Waals surface area contributed by atoms with Gasteiger partial charge in [-0.05, 0) is 12.3 Å². The van der Waals surface area contributed by atoms with Crippen molar-refractivity contribution >= 4 is 11.9 Å². The van der Waals surface area contributed by atoms with Crippen molar-refractivity contribution in [2.45, 2.75) is 39.8 Å². The van der Waals surface area contributed by atoms with Gasteiger partial charge in [-0.15, -0.1) is 0 Å². The van der Waals surface area contributed by atoms with E-state index in [1.54, 1.807) is 16.6 Å². The molecule has 2 aromatic rings. The maximum atomic E-state index is 12.5. The molecule has 0 saturated heterocycles. The van der Waals surface area contributed by atoms with Gasteiger partial charge < -0.3 is 20.5 Å². The Kier molecular flexibility index (Phi) is 4.97. The number of urea groups is 1. The van der Waals surface area contributed by atoms with E-state index >= 15 is 0 Å². The number of fused-ring (bicyclic) bond motifs is 1. The van der Waals surface area contributed by atoms with Crippen LogP contribution in [0.3, 0.4) is 0 Å². The number of carbonyl (C=O) groups excluding carboxylic acids is 2. The van der Waals surface area contributed by atoms with Gasteiger partial charge in [0.15, 0.2) is 11.5 Å². The van der Waals surface area contributed by atoms with E-state index in [1.165, 1.54) is 0 Å². The lowest BCUT2D eigenvalue weighted by molar-refractivity contribution is 0.0992. The number of rotatable bonds is 5. The highest BCUT2D eigenvalue weighted by Crippen LogP contribution is 2.22. The Morgan fingerprint density at radius 2 is 2.19 bits per heavy atom. The number of nitrogens with two attached hydrogens (primary N) is 1. The fourth-order valence-corrected chi connectivity index (χ4v) is 3.19. The highest BCUT2D eigenvalue weighted by atomic mass is 16.5. The molecule has 1 aliphatic rings. The molecule has 1 aliphatic heterocycles. The zero-order valence-corrected chi connectivity index (χ0v) is 15.3. The Hall–Kier alpha value is -2.84. The predicted octanol–water partition coefficient (Wildman–Crippen LogP) is 0.973. The number of amides is 3. The topological polar surface area (TPSA) is 119 Å². The molecule has 9 nitrogen and oxygen atoms in total. The van der Waals surface area contributed by atoms with E-state index in [4.69, 9.17) is 10.3 Å². The molecule has 0 saturated carbocycles. The smallest absolute Gasteiger partial charge is 0.318 e. The van der Waals surface area contributed by atoms with E-state index < -0.39 is 5.91 Å². The number of hydrogen-bond donors (Lipinski definition) is 2. The van der Waals surface area contributed by atoms with Crippen molar-refractivity contribution in [2.24, 2.45) is 18.7 Å². The van der Waals surface area contributed by atoms with Crippen LogP contribution in [-0.4, -0.2) is 38.3 Å². The molecule has 0 spiro atoms. The van der Waals surface area contributed by atoms with E-state index in [0.29, 0.717) is 31.2 Å². The minimum atomic E-state index is -0.580. The van der Waals surface area contributed by atoms with Crippen molar-refractivity contribution in [3.63, 3.8) is 0 Å². The zero-order valence-electron chi connectivity index (χ0n) is 15.3. The molecule has 0 fully saturated rings. The molecule has 2 aromatic heterocycles. The van der Waals surface area contributed by atoms with Gasteiger partial charge in [0.2, 0.25) is 0 Å². The summed E-state index contributed by atoms with van der Waals surface area (Å²) in [4.78, 5) is 25.7. The fourth-order valence-electron chi connectivity index (χ4n) is 3.19. The normalized spacial score (nSPS) is 13.8. The minimum absolute atomic E-state index is 0.225. The summed E-state index contributed by atoms with van der Waals surface area (Å²) >= 11 is 0. The Bertz CT molecular complexity index is 823. The Morgan fingerprint density at radius 1 is 1.42 bits per heavy atom. The molecule has 3 N–H and O–H groups in total. The third kappa shape index (κ3) is 3.71. The molecule has 140 valence electrons. The predicted molar refractivity (Wildman–Crippen MR) is 93.1 cm³/mol. The maximum absolute atomic E-state index is 12.5. The largest absolute Gasteiger partial charge is 0.364 e. The van der Waals surface area contributed by atoms with Crippen LogP contribution in [0, 0.1) is 5.92 Å². The highest BCUT2D eigenvalue weighted by Gasteiger charge is 2.28. The molecule has 0 atom stereocenters. The minimum Gasteiger partial charge on any atom is -0.364 e. The summed E-state index contributed by atoms with van der Waals surface area (Å²) in [5.74, 6) is 0.526. The molecular formula is C17H24N6O3. The van der Waals surface area contributed by atoms with Gasteiger partial charge in [-0.1, -0.05) is 19.0 Å². The monoisotopic (exact) mass is 360 g/mol. The van der Waals surface area contributed by atoms with E-state index in [1.807, 2.05) is 6.07 Å². The second kappa shape index (κ2) is 7.19. The van der Waals surface area contributed by atoms with Crippen LogP contribution < -0.4 is 11.1 Å². The fraction of sp³-hybridized carbons (Fsp3) is 0.529. The third-order valence-electron chi connectivity index (χ3n) is 4.40. The average Bonchev–Trinajstić information content (AvgIpc) is 3.16. The van der Waals surface area contributed by atoms with E-state index in [2.05, 4.69) is 29.4 Å². The first-order valence-corrected chi connectivity index (χ1v) is 8.67. The third-order valence-corrected chi connectivity index (χ3v) is 4.40. The molecule has 0 aromatic carbocycles. The molecule has 3 rings (SSSR count). The lowest BCUT2D eigenvalue weighted by Gasteiger charge is -2.27. The first-order valence-electron chi connectivity index (χ1n) is 8.67. The van der Waals surface area contributed by atoms with Crippen molar-refractivity contribution in [1.29, 1.82) is 0 Å². The number of primary amides is 1. The van der Waals surface area contributed by atoms with Gasteiger partial charge in [0.25, 0.3) is 5.91 Å². The lowest BCUT2D eigenvalue weighted by Crippen LogP contribution is -2.42. The number of nitrogens with one attached hydrogen (secondary N) is 1. The molecule has 0 radical (unpaired) electrons. The van der Waals surface area contributed by atoms with Gasteiger partial charge >= 0.3 is 6.03 Å². The van der Waals surface area contributed by atoms with Crippen LogP contribution in [0.4, 0.5) is 4.79 Å². The maximum Gasteiger partial charge on any atom is 0.318 e. The van der Waals surface area contributed by atoms with Crippen molar-refractivity contribution in [3.8, 4) is 0 Å². The summed E-state index contributed by atoms with van der Waals surface area (Å²) in [7, 11) is 1.78. The van der Waals surface area contributed by atoms with Gasteiger partial charge in [-0.25, -0.2) is 4.79 Å². The van der Waals surface area contributed by atoms with Crippen molar-refractivity contribution < 1.29 is 14.1 Å². The summed E-state index contributed by atoms with van der Waals surface area (Å²) in [5, 5.41) is 11.0. The zero-order chi connectivity index (χ0) is 18.8. The van der Waals surface area contributed by atoms with E-state index in [-0.39, 0.29) is 18.3 Å². The van der Waals surface area contributed by atoms with Crippen LogP contribution in [0.15, 0.2) is 10.6 Å². The Balaban J connectivity index is 1.61.